The standard InChI is InChI=1S/C31H32N2O6/c1-5-21(3)23-9-13-25(14-10-23)38-16-17-39-27-15-8-22(19-28(27)37-4)18-26-29(34)32-31(36)33(30(26)35)24-11-6-20(2)7-12-24/h6-15,18-19,21H,5,16-17H2,1-4H3,(H,32,34,36)/b26-18-/t21-/m1/s1. The van der Waals surface area contributed by atoms with Crippen molar-refractivity contribution in [2.45, 2.75) is 33.1 Å². The molecule has 8 heteroatoms. The van der Waals surface area contributed by atoms with E-state index in [0.29, 0.717) is 41.9 Å². The van der Waals surface area contributed by atoms with E-state index >= 15 is 0 Å². The molecule has 3 aromatic carbocycles. The summed E-state index contributed by atoms with van der Waals surface area (Å²) in [6.45, 7) is 6.89. The van der Waals surface area contributed by atoms with Crippen LogP contribution in [0.15, 0.2) is 72.3 Å². The molecule has 1 atom stereocenters. The van der Waals surface area contributed by atoms with Crippen LogP contribution >= 0.6 is 0 Å². The maximum Gasteiger partial charge on any atom is 0.335 e. The zero-order valence-corrected chi connectivity index (χ0v) is 22.5. The second kappa shape index (κ2) is 12.3. The van der Waals surface area contributed by atoms with Gasteiger partial charge in [-0.3, -0.25) is 14.9 Å². The molecule has 0 bridgehead atoms. The molecule has 4 rings (SSSR count). The number of hydrogen-bond donors (Lipinski definition) is 1. The van der Waals surface area contributed by atoms with Crippen molar-refractivity contribution in [3.8, 4) is 17.2 Å². The van der Waals surface area contributed by atoms with E-state index in [1.165, 1.54) is 18.7 Å². The van der Waals surface area contributed by atoms with Gasteiger partial charge in [0.05, 0.1) is 12.8 Å². The normalized spacial score (nSPS) is 15.2. The van der Waals surface area contributed by atoms with Gasteiger partial charge in [-0.2, -0.15) is 0 Å². The number of methoxy groups -OCH3 is 1. The molecule has 39 heavy (non-hydrogen) atoms. The Morgan fingerprint density at radius 2 is 1.59 bits per heavy atom. The highest BCUT2D eigenvalue weighted by molar-refractivity contribution is 6.39. The van der Waals surface area contributed by atoms with Gasteiger partial charge >= 0.3 is 6.03 Å². The van der Waals surface area contributed by atoms with E-state index < -0.39 is 17.8 Å². The first-order valence-electron chi connectivity index (χ1n) is 12.8. The van der Waals surface area contributed by atoms with E-state index in [0.717, 1.165) is 22.6 Å². The van der Waals surface area contributed by atoms with Crippen LogP contribution in [-0.4, -0.2) is 38.2 Å². The zero-order valence-electron chi connectivity index (χ0n) is 22.5. The van der Waals surface area contributed by atoms with Gasteiger partial charge in [0, 0.05) is 0 Å². The van der Waals surface area contributed by atoms with E-state index in [-0.39, 0.29) is 5.57 Å². The fourth-order valence-electron chi connectivity index (χ4n) is 4.09. The number of nitrogens with one attached hydrogen (secondary N) is 1. The minimum absolute atomic E-state index is 0.168. The van der Waals surface area contributed by atoms with E-state index in [9.17, 15) is 14.4 Å². The molecule has 1 aliphatic heterocycles. The lowest BCUT2D eigenvalue weighted by Crippen LogP contribution is -2.54. The Kier molecular flexibility index (Phi) is 8.66. The van der Waals surface area contributed by atoms with Crippen LogP contribution in [0.5, 0.6) is 17.2 Å². The van der Waals surface area contributed by atoms with Crippen LogP contribution in [0.4, 0.5) is 10.5 Å². The summed E-state index contributed by atoms with van der Waals surface area (Å²) in [5.41, 5.74) is 3.00. The molecule has 1 fully saturated rings. The van der Waals surface area contributed by atoms with Crippen LogP contribution < -0.4 is 24.4 Å². The number of anilines is 1. The van der Waals surface area contributed by atoms with Gasteiger partial charge in [-0.05, 0) is 72.9 Å². The second-order valence-corrected chi connectivity index (χ2v) is 9.28. The summed E-state index contributed by atoms with van der Waals surface area (Å²) in [5, 5.41) is 2.23. The molecule has 0 aromatic heterocycles. The second-order valence-electron chi connectivity index (χ2n) is 9.28. The van der Waals surface area contributed by atoms with E-state index in [2.05, 4.69) is 31.3 Å². The number of urea groups is 1. The van der Waals surface area contributed by atoms with Gasteiger partial charge in [-0.1, -0.05) is 49.7 Å². The van der Waals surface area contributed by atoms with E-state index in [1.54, 1.807) is 42.5 Å². The quantitative estimate of drug-likeness (QED) is 0.208. The molecule has 202 valence electrons. The van der Waals surface area contributed by atoms with Crippen LogP contribution in [0.2, 0.25) is 0 Å². The first-order valence-corrected chi connectivity index (χ1v) is 12.8. The summed E-state index contributed by atoms with van der Waals surface area (Å²) in [6.07, 6.45) is 2.50. The molecule has 3 aromatic rings. The minimum Gasteiger partial charge on any atom is -0.493 e. The summed E-state index contributed by atoms with van der Waals surface area (Å²) in [7, 11) is 1.50. The Morgan fingerprint density at radius 1 is 0.897 bits per heavy atom. The van der Waals surface area contributed by atoms with Gasteiger partial charge in [0.1, 0.15) is 24.5 Å². The predicted molar refractivity (Wildman–Crippen MR) is 149 cm³/mol. The van der Waals surface area contributed by atoms with Gasteiger partial charge in [-0.15, -0.1) is 0 Å². The number of rotatable bonds is 10. The highest BCUT2D eigenvalue weighted by Gasteiger charge is 2.36. The topological polar surface area (TPSA) is 94.2 Å². The molecule has 0 unspecified atom stereocenters. The van der Waals surface area contributed by atoms with Crippen LogP contribution in [0.1, 0.15) is 42.9 Å². The van der Waals surface area contributed by atoms with Crippen molar-refractivity contribution in [2.24, 2.45) is 0 Å². The summed E-state index contributed by atoms with van der Waals surface area (Å²) >= 11 is 0. The number of barbiturate groups is 1. The number of carbonyl (C=O) groups excluding carboxylic acids is 3. The van der Waals surface area contributed by atoms with Gasteiger partial charge in [0.25, 0.3) is 11.8 Å². The van der Waals surface area contributed by atoms with Crippen molar-refractivity contribution in [1.29, 1.82) is 0 Å². The van der Waals surface area contributed by atoms with Crippen molar-refractivity contribution >= 4 is 29.6 Å². The fraction of sp³-hybridized carbons (Fsp3) is 0.258. The Hall–Kier alpha value is -4.59. The number of imide groups is 2. The average molecular weight is 529 g/mol. The molecule has 4 amide bonds. The maximum atomic E-state index is 13.1. The number of nitrogens with zero attached hydrogens (tertiary/aromatic N) is 1. The molecule has 0 spiro atoms. The third-order valence-electron chi connectivity index (χ3n) is 6.56. The fourth-order valence-corrected chi connectivity index (χ4v) is 4.09. The smallest absolute Gasteiger partial charge is 0.335 e. The van der Waals surface area contributed by atoms with E-state index in [1.807, 2.05) is 19.1 Å². The Balaban J connectivity index is 1.42. The van der Waals surface area contributed by atoms with Crippen molar-refractivity contribution in [1.82, 2.24) is 5.32 Å². The lowest BCUT2D eigenvalue weighted by Gasteiger charge is -2.26. The maximum absolute atomic E-state index is 13.1. The summed E-state index contributed by atoms with van der Waals surface area (Å²) in [6, 6.07) is 19.2. The molecule has 1 N–H and O–H groups in total. The number of carbonyl (C=O) groups is 3. The third kappa shape index (κ3) is 6.46. The van der Waals surface area contributed by atoms with Crippen LogP contribution in [0, 0.1) is 6.92 Å². The number of ether oxygens (including phenoxy) is 3. The monoisotopic (exact) mass is 528 g/mol. The minimum atomic E-state index is -0.791. The Labute approximate surface area is 228 Å². The SMILES string of the molecule is CC[C@@H](C)c1ccc(OCCOc2ccc(/C=C3/C(=O)NC(=O)N(c4ccc(C)cc4)C3=O)cc2OC)cc1. The van der Waals surface area contributed by atoms with Crippen LogP contribution in [0.3, 0.4) is 0 Å². The Morgan fingerprint density at radius 3 is 2.26 bits per heavy atom. The summed E-state index contributed by atoms with van der Waals surface area (Å²) in [5.74, 6) is 0.730. The van der Waals surface area contributed by atoms with Gasteiger partial charge < -0.3 is 14.2 Å². The summed E-state index contributed by atoms with van der Waals surface area (Å²) < 4.78 is 17.1. The van der Waals surface area contributed by atoms with Gasteiger partial charge in [0.15, 0.2) is 11.5 Å². The zero-order chi connectivity index (χ0) is 27.9. The molecule has 8 nitrogen and oxygen atoms in total. The van der Waals surface area contributed by atoms with Crippen molar-refractivity contribution in [3.05, 3.63) is 89.0 Å². The van der Waals surface area contributed by atoms with Crippen LogP contribution in [0.25, 0.3) is 6.08 Å². The van der Waals surface area contributed by atoms with Crippen molar-refractivity contribution in [3.63, 3.8) is 0 Å². The number of amides is 4. The van der Waals surface area contributed by atoms with Crippen LogP contribution in [-0.2, 0) is 9.59 Å². The van der Waals surface area contributed by atoms with Gasteiger partial charge in [0.2, 0.25) is 0 Å². The van der Waals surface area contributed by atoms with Gasteiger partial charge in [-0.25, -0.2) is 9.69 Å². The summed E-state index contributed by atoms with van der Waals surface area (Å²) in [4.78, 5) is 39.0. The highest BCUT2D eigenvalue weighted by Crippen LogP contribution is 2.30. The van der Waals surface area contributed by atoms with Crippen molar-refractivity contribution < 1.29 is 28.6 Å². The number of aryl methyl sites for hydroxylation is 1. The molecule has 1 heterocycles. The number of hydrogen-bond acceptors (Lipinski definition) is 6. The number of benzene rings is 3. The lowest BCUT2D eigenvalue weighted by atomic mass is 9.99. The van der Waals surface area contributed by atoms with E-state index in [4.69, 9.17) is 14.2 Å². The molecule has 0 aliphatic carbocycles. The lowest BCUT2D eigenvalue weighted by molar-refractivity contribution is -0.122. The molecule has 0 saturated carbocycles. The molecule has 0 radical (unpaired) electrons. The largest absolute Gasteiger partial charge is 0.493 e. The highest BCUT2D eigenvalue weighted by atomic mass is 16.5. The molecule has 1 aliphatic rings. The molecular weight excluding hydrogens is 496 g/mol. The Bertz CT molecular complexity index is 1380. The molecule has 1 saturated heterocycles. The third-order valence-corrected chi connectivity index (χ3v) is 6.56. The first kappa shape index (κ1) is 27.4. The first-order chi connectivity index (χ1) is 18.8. The molecular formula is C31H32N2O6. The average Bonchev–Trinajstić information content (AvgIpc) is 2.94. The predicted octanol–water partition coefficient (Wildman–Crippen LogP) is 5.64. The van der Waals surface area contributed by atoms with Crippen molar-refractivity contribution in [2.75, 3.05) is 25.2 Å².